The summed E-state index contributed by atoms with van der Waals surface area (Å²) in [7, 11) is 1.74. The molecule has 3 atom stereocenters. The van der Waals surface area contributed by atoms with E-state index in [4.69, 9.17) is 14.2 Å². The van der Waals surface area contributed by atoms with Crippen LogP contribution in [0.1, 0.15) is 23.1 Å². The number of hydrogen-bond donors (Lipinski definition) is 1. The van der Waals surface area contributed by atoms with Gasteiger partial charge in [-0.05, 0) is 48.2 Å². The Morgan fingerprint density at radius 2 is 2.04 bits per heavy atom. The standard InChI is InChI=1S/C24H23NO3/c1-26-20-10-8-17-18-13-16-7-9-19(27-14-15-5-3-2-4-6-15)22-21(16)24(17,11-12-25-18)23(20)28-22/h2-10,18,23,25H,11-14H2,1H3/t18-,23+,24+/m1/s1. The van der Waals surface area contributed by atoms with Crippen molar-refractivity contribution in [3.63, 3.8) is 0 Å². The predicted molar refractivity (Wildman–Crippen MR) is 107 cm³/mol. The molecule has 28 heavy (non-hydrogen) atoms. The third-order valence-corrected chi connectivity index (χ3v) is 6.72. The molecule has 4 aliphatic rings. The number of ether oxygens (including phenoxy) is 3. The van der Waals surface area contributed by atoms with Gasteiger partial charge in [-0.25, -0.2) is 0 Å². The van der Waals surface area contributed by atoms with E-state index in [0.29, 0.717) is 12.6 Å². The van der Waals surface area contributed by atoms with E-state index in [-0.39, 0.29) is 11.5 Å². The zero-order valence-corrected chi connectivity index (χ0v) is 15.9. The molecule has 2 aliphatic heterocycles. The summed E-state index contributed by atoms with van der Waals surface area (Å²) < 4.78 is 18.6. The summed E-state index contributed by atoms with van der Waals surface area (Å²) in [6.07, 6.45) is 6.26. The maximum absolute atomic E-state index is 6.61. The molecule has 2 heterocycles. The van der Waals surface area contributed by atoms with Gasteiger partial charge >= 0.3 is 0 Å². The van der Waals surface area contributed by atoms with Gasteiger partial charge in [0.25, 0.3) is 0 Å². The Hall–Kier alpha value is -2.72. The van der Waals surface area contributed by atoms with Crippen LogP contribution in [0.2, 0.25) is 0 Å². The highest BCUT2D eigenvalue weighted by Crippen LogP contribution is 2.61. The molecular weight excluding hydrogens is 350 g/mol. The molecule has 0 radical (unpaired) electrons. The van der Waals surface area contributed by atoms with E-state index >= 15 is 0 Å². The van der Waals surface area contributed by atoms with Gasteiger partial charge in [0.15, 0.2) is 17.6 Å². The molecule has 1 N–H and O–H groups in total. The number of hydrogen-bond acceptors (Lipinski definition) is 4. The van der Waals surface area contributed by atoms with E-state index in [1.54, 1.807) is 7.11 Å². The normalized spacial score (nSPS) is 28.6. The monoisotopic (exact) mass is 373 g/mol. The smallest absolute Gasteiger partial charge is 0.169 e. The Labute approximate surface area is 164 Å². The molecule has 142 valence electrons. The summed E-state index contributed by atoms with van der Waals surface area (Å²) in [6, 6.07) is 15.0. The lowest BCUT2D eigenvalue weighted by Gasteiger charge is -2.49. The van der Waals surface area contributed by atoms with Gasteiger partial charge in [0.1, 0.15) is 12.4 Å². The molecule has 2 aromatic carbocycles. The molecule has 0 aromatic heterocycles. The first-order valence-electron chi connectivity index (χ1n) is 10.0. The Balaban J connectivity index is 1.47. The van der Waals surface area contributed by atoms with Crippen molar-refractivity contribution in [1.29, 1.82) is 0 Å². The topological polar surface area (TPSA) is 39.7 Å². The largest absolute Gasteiger partial charge is 0.497 e. The van der Waals surface area contributed by atoms with E-state index in [2.05, 4.69) is 41.7 Å². The maximum Gasteiger partial charge on any atom is 0.169 e. The fraction of sp³-hybridized carbons (Fsp3) is 0.333. The second kappa shape index (κ2) is 5.89. The second-order valence-corrected chi connectivity index (χ2v) is 8.03. The number of allylic oxidation sites excluding steroid dienone is 2. The summed E-state index contributed by atoms with van der Waals surface area (Å²) >= 11 is 0. The van der Waals surface area contributed by atoms with Crippen molar-refractivity contribution in [2.45, 2.75) is 37.0 Å². The van der Waals surface area contributed by atoms with Crippen molar-refractivity contribution in [3.8, 4) is 11.5 Å². The molecule has 2 aromatic rings. The lowest BCUT2D eigenvalue weighted by molar-refractivity contribution is 0.0990. The molecule has 1 fully saturated rings. The summed E-state index contributed by atoms with van der Waals surface area (Å²) in [5.74, 6) is 2.65. The molecule has 4 heteroatoms. The van der Waals surface area contributed by atoms with Gasteiger partial charge in [-0.2, -0.15) is 0 Å². The summed E-state index contributed by atoms with van der Waals surface area (Å²) in [4.78, 5) is 0. The fourth-order valence-electron chi connectivity index (χ4n) is 5.54. The average Bonchev–Trinajstić information content (AvgIpc) is 3.07. The van der Waals surface area contributed by atoms with Crippen LogP contribution in [-0.4, -0.2) is 25.8 Å². The van der Waals surface area contributed by atoms with Gasteiger partial charge < -0.3 is 19.5 Å². The van der Waals surface area contributed by atoms with Crippen LogP contribution in [0, 0.1) is 0 Å². The summed E-state index contributed by atoms with van der Waals surface area (Å²) in [6.45, 7) is 1.53. The van der Waals surface area contributed by atoms with Crippen LogP contribution in [0.4, 0.5) is 0 Å². The predicted octanol–water partition coefficient (Wildman–Crippen LogP) is 3.65. The van der Waals surface area contributed by atoms with Crippen molar-refractivity contribution >= 4 is 0 Å². The van der Waals surface area contributed by atoms with Crippen LogP contribution >= 0.6 is 0 Å². The number of methoxy groups -OCH3 is 1. The zero-order chi connectivity index (χ0) is 18.7. The number of piperidine rings is 1. The molecule has 2 bridgehead atoms. The van der Waals surface area contributed by atoms with Crippen LogP contribution in [0.5, 0.6) is 11.5 Å². The molecule has 2 aliphatic carbocycles. The Bertz CT molecular complexity index is 1010. The van der Waals surface area contributed by atoms with Crippen molar-refractivity contribution in [3.05, 3.63) is 82.6 Å². The number of nitrogens with one attached hydrogen (secondary N) is 1. The molecule has 0 saturated carbocycles. The van der Waals surface area contributed by atoms with Gasteiger partial charge in [0.2, 0.25) is 0 Å². The Kier molecular flexibility index (Phi) is 3.42. The molecule has 1 saturated heterocycles. The minimum absolute atomic E-state index is 0.0994. The van der Waals surface area contributed by atoms with Gasteiger partial charge in [-0.1, -0.05) is 42.5 Å². The van der Waals surface area contributed by atoms with Crippen LogP contribution in [-0.2, 0) is 23.2 Å². The van der Waals surface area contributed by atoms with Crippen molar-refractivity contribution < 1.29 is 14.2 Å². The van der Waals surface area contributed by atoms with E-state index in [1.165, 1.54) is 16.7 Å². The van der Waals surface area contributed by atoms with E-state index in [1.807, 2.05) is 18.2 Å². The first-order valence-corrected chi connectivity index (χ1v) is 10.0. The van der Waals surface area contributed by atoms with Gasteiger partial charge in [-0.3, -0.25) is 0 Å². The molecule has 4 nitrogen and oxygen atoms in total. The SMILES string of the molecule is COC1=CC=C2[C@H]3Cc4ccc(OCc5ccccc5)c5c4[C@@]2(CCN3)[C@H]1O5. The van der Waals surface area contributed by atoms with E-state index < -0.39 is 0 Å². The maximum atomic E-state index is 6.61. The van der Waals surface area contributed by atoms with E-state index in [9.17, 15) is 0 Å². The van der Waals surface area contributed by atoms with Crippen LogP contribution in [0.3, 0.4) is 0 Å². The highest BCUT2D eigenvalue weighted by molar-refractivity contribution is 5.67. The third kappa shape index (κ3) is 2.04. The van der Waals surface area contributed by atoms with Crippen molar-refractivity contribution in [2.24, 2.45) is 0 Å². The molecule has 0 amide bonds. The van der Waals surface area contributed by atoms with E-state index in [0.717, 1.165) is 42.2 Å². The Morgan fingerprint density at radius 1 is 1.14 bits per heavy atom. The minimum atomic E-state index is -0.120. The van der Waals surface area contributed by atoms with Crippen LogP contribution < -0.4 is 14.8 Å². The highest BCUT2D eigenvalue weighted by Gasteiger charge is 2.61. The second-order valence-electron chi connectivity index (χ2n) is 8.03. The van der Waals surface area contributed by atoms with Crippen LogP contribution in [0.15, 0.2) is 65.9 Å². The minimum Gasteiger partial charge on any atom is -0.497 e. The van der Waals surface area contributed by atoms with Crippen molar-refractivity contribution in [2.75, 3.05) is 13.7 Å². The van der Waals surface area contributed by atoms with Gasteiger partial charge in [0.05, 0.1) is 12.5 Å². The lowest BCUT2D eigenvalue weighted by Crippen LogP contribution is -2.58. The lowest BCUT2D eigenvalue weighted by atomic mass is 9.58. The zero-order valence-electron chi connectivity index (χ0n) is 15.9. The Morgan fingerprint density at radius 3 is 2.89 bits per heavy atom. The van der Waals surface area contributed by atoms with Gasteiger partial charge in [-0.15, -0.1) is 0 Å². The average molecular weight is 373 g/mol. The van der Waals surface area contributed by atoms with Crippen LogP contribution in [0.25, 0.3) is 0 Å². The third-order valence-electron chi connectivity index (χ3n) is 6.72. The molecule has 6 rings (SSSR count). The first kappa shape index (κ1) is 16.3. The number of benzene rings is 2. The molecule has 1 spiro atoms. The quantitative estimate of drug-likeness (QED) is 0.888. The summed E-state index contributed by atoms with van der Waals surface area (Å²) in [5, 5.41) is 3.70. The molecular formula is C24H23NO3. The fourth-order valence-corrected chi connectivity index (χ4v) is 5.54. The van der Waals surface area contributed by atoms with Crippen molar-refractivity contribution in [1.82, 2.24) is 5.32 Å². The van der Waals surface area contributed by atoms with Gasteiger partial charge in [0, 0.05) is 11.6 Å². The number of rotatable bonds is 4. The first-order chi connectivity index (χ1) is 13.8. The summed E-state index contributed by atoms with van der Waals surface area (Å²) in [5.41, 5.74) is 5.17. The highest BCUT2D eigenvalue weighted by atomic mass is 16.6. The molecule has 0 unspecified atom stereocenters.